The van der Waals surface area contributed by atoms with Crippen LogP contribution in [0.3, 0.4) is 0 Å². The second-order valence-electron chi connectivity index (χ2n) is 3.82. The van der Waals surface area contributed by atoms with Gasteiger partial charge >= 0.3 is 0 Å². The molecular formula is C14H11NS. The van der Waals surface area contributed by atoms with Crippen LogP contribution < -0.4 is 0 Å². The van der Waals surface area contributed by atoms with Crippen LogP contribution in [0, 0.1) is 5.41 Å². The Morgan fingerprint density at radius 2 is 1.56 bits per heavy atom. The SMILES string of the molecule is N=C1SC(c2ccccc2)c2ccccc21. The Hall–Kier alpha value is -1.54. The number of rotatable bonds is 1. The van der Waals surface area contributed by atoms with E-state index in [4.69, 9.17) is 5.41 Å². The Labute approximate surface area is 99.0 Å². The standard InChI is InChI=1S/C14H11NS/c15-14-12-9-5-4-8-11(12)13(16-14)10-6-2-1-3-7-10/h1-9,13,15H. The number of hydrogen-bond acceptors (Lipinski definition) is 2. The molecule has 0 amide bonds. The predicted molar refractivity (Wildman–Crippen MR) is 69.1 cm³/mol. The molecule has 0 aromatic heterocycles. The van der Waals surface area contributed by atoms with Crippen molar-refractivity contribution in [2.24, 2.45) is 0 Å². The van der Waals surface area contributed by atoms with Gasteiger partial charge < -0.3 is 0 Å². The third kappa shape index (κ3) is 1.46. The molecule has 0 fully saturated rings. The minimum atomic E-state index is 0.296. The minimum Gasteiger partial charge on any atom is -0.293 e. The van der Waals surface area contributed by atoms with Crippen molar-refractivity contribution < 1.29 is 0 Å². The average molecular weight is 225 g/mol. The van der Waals surface area contributed by atoms with Gasteiger partial charge in [-0.15, -0.1) is 0 Å². The lowest BCUT2D eigenvalue weighted by Gasteiger charge is -2.09. The molecule has 2 aromatic rings. The van der Waals surface area contributed by atoms with Gasteiger partial charge in [0.25, 0.3) is 0 Å². The summed E-state index contributed by atoms with van der Waals surface area (Å²) in [6.07, 6.45) is 0. The van der Waals surface area contributed by atoms with Gasteiger partial charge in [-0.1, -0.05) is 66.4 Å². The molecule has 0 spiro atoms. The second kappa shape index (κ2) is 3.80. The van der Waals surface area contributed by atoms with Crippen LogP contribution in [-0.4, -0.2) is 5.04 Å². The first-order valence-corrected chi connectivity index (χ1v) is 6.13. The Morgan fingerprint density at radius 3 is 2.38 bits per heavy atom. The number of nitrogens with one attached hydrogen (secondary N) is 1. The molecule has 16 heavy (non-hydrogen) atoms. The van der Waals surface area contributed by atoms with Gasteiger partial charge in [0, 0.05) is 5.56 Å². The zero-order valence-corrected chi connectivity index (χ0v) is 9.50. The van der Waals surface area contributed by atoms with E-state index < -0.39 is 0 Å². The van der Waals surface area contributed by atoms with Crippen molar-refractivity contribution >= 4 is 16.8 Å². The molecular weight excluding hydrogens is 214 g/mol. The van der Waals surface area contributed by atoms with Gasteiger partial charge in [-0.05, 0) is 11.1 Å². The van der Waals surface area contributed by atoms with E-state index >= 15 is 0 Å². The summed E-state index contributed by atoms with van der Waals surface area (Å²) >= 11 is 1.63. The summed E-state index contributed by atoms with van der Waals surface area (Å²) < 4.78 is 0. The Bertz CT molecular complexity index is 533. The van der Waals surface area contributed by atoms with E-state index in [9.17, 15) is 0 Å². The lowest BCUT2D eigenvalue weighted by molar-refractivity contribution is 1.17. The van der Waals surface area contributed by atoms with Crippen molar-refractivity contribution in [3.05, 3.63) is 71.3 Å². The lowest BCUT2D eigenvalue weighted by Crippen LogP contribution is -1.91. The molecule has 1 unspecified atom stereocenters. The van der Waals surface area contributed by atoms with Gasteiger partial charge in [0.05, 0.1) is 10.3 Å². The molecule has 0 saturated carbocycles. The highest BCUT2D eigenvalue weighted by molar-refractivity contribution is 8.15. The summed E-state index contributed by atoms with van der Waals surface area (Å²) in [5.74, 6) is 0. The maximum Gasteiger partial charge on any atom is 0.0955 e. The van der Waals surface area contributed by atoms with Gasteiger partial charge in [-0.2, -0.15) is 0 Å². The highest BCUT2D eigenvalue weighted by atomic mass is 32.2. The summed E-state index contributed by atoms with van der Waals surface area (Å²) in [6, 6.07) is 18.6. The Balaban J connectivity index is 2.11. The molecule has 3 rings (SSSR count). The first-order valence-electron chi connectivity index (χ1n) is 5.26. The van der Waals surface area contributed by atoms with Gasteiger partial charge in [0.15, 0.2) is 0 Å². The molecule has 1 heterocycles. The van der Waals surface area contributed by atoms with E-state index in [0.717, 1.165) is 5.56 Å². The summed E-state index contributed by atoms with van der Waals surface area (Å²) in [7, 11) is 0. The number of thioether (sulfide) groups is 1. The normalized spacial score (nSPS) is 18.5. The average Bonchev–Trinajstić information content (AvgIpc) is 2.69. The van der Waals surface area contributed by atoms with Crippen LogP contribution in [0.15, 0.2) is 54.6 Å². The summed E-state index contributed by atoms with van der Waals surface area (Å²) in [4.78, 5) is 0. The zero-order chi connectivity index (χ0) is 11.0. The monoisotopic (exact) mass is 225 g/mol. The van der Waals surface area contributed by atoms with Crippen molar-refractivity contribution in [1.82, 2.24) is 0 Å². The van der Waals surface area contributed by atoms with E-state index in [2.05, 4.69) is 30.3 Å². The first-order chi connectivity index (χ1) is 7.86. The first kappa shape index (κ1) is 9.67. The van der Waals surface area contributed by atoms with E-state index in [1.54, 1.807) is 11.8 Å². The van der Waals surface area contributed by atoms with Crippen LogP contribution >= 0.6 is 11.8 Å². The van der Waals surface area contributed by atoms with Crippen molar-refractivity contribution in [2.45, 2.75) is 5.25 Å². The third-order valence-corrected chi connectivity index (χ3v) is 4.04. The third-order valence-electron chi connectivity index (χ3n) is 2.83. The fourth-order valence-corrected chi connectivity index (χ4v) is 3.23. The van der Waals surface area contributed by atoms with Crippen LogP contribution in [0.25, 0.3) is 0 Å². The summed E-state index contributed by atoms with van der Waals surface area (Å²) in [5.41, 5.74) is 3.63. The molecule has 0 aliphatic carbocycles. The van der Waals surface area contributed by atoms with Crippen molar-refractivity contribution in [3.8, 4) is 0 Å². The number of fused-ring (bicyclic) bond motifs is 1. The molecule has 1 aliphatic rings. The molecule has 1 atom stereocenters. The van der Waals surface area contributed by atoms with Crippen LogP contribution in [0.5, 0.6) is 0 Å². The van der Waals surface area contributed by atoms with Crippen molar-refractivity contribution in [1.29, 1.82) is 5.41 Å². The highest BCUT2D eigenvalue weighted by Crippen LogP contribution is 2.45. The number of benzene rings is 2. The Kier molecular flexibility index (Phi) is 2.29. The summed E-state index contributed by atoms with van der Waals surface area (Å²) in [5, 5.41) is 8.95. The van der Waals surface area contributed by atoms with Gasteiger partial charge in [-0.3, -0.25) is 5.41 Å². The van der Waals surface area contributed by atoms with E-state index in [0.29, 0.717) is 10.3 Å². The maximum absolute atomic E-state index is 7.97. The fourth-order valence-electron chi connectivity index (χ4n) is 2.05. The quantitative estimate of drug-likeness (QED) is 0.783. The zero-order valence-electron chi connectivity index (χ0n) is 8.68. The van der Waals surface area contributed by atoms with Crippen LogP contribution in [0.1, 0.15) is 21.9 Å². The number of hydrogen-bond donors (Lipinski definition) is 1. The molecule has 78 valence electrons. The van der Waals surface area contributed by atoms with Crippen LogP contribution in [0.2, 0.25) is 0 Å². The summed E-state index contributed by atoms with van der Waals surface area (Å²) in [6.45, 7) is 0. The Morgan fingerprint density at radius 1 is 0.875 bits per heavy atom. The maximum atomic E-state index is 7.97. The largest absolute Gasteiger partial charge is 0.293 e. The smallest absolute Gasteiger partial charge is 0.0955 e. The molecule has 2 aromatic carbocycles. The molecule has 1 aliphatic heterocycles. The van der Waals surface area contributed by atoms with Gasteiger partial charge in [0.1, 0.15) is 0 Å². The molecule has 0 saturated heterocycles. The molecule has 1 N–H and O–H groups in total. The van der Waals surface area contributed by atoms with Crippen molar-refractivity contribution in [2.75, 3.05) is 0 Å². The molecule has 1 nitrogen and oxygen atoms in total. The molecule has 0 bridgehead atoms. The minimum absolute atomic E-state index is 0.296. The highest BCUT2D eigenvalue weighted by Gasteiger charge is 2.27. The molecule has 0 radical (unpaired) electrons. The van der Waals surface area contributed by atoms with E-state index in [-0.39, 0.29) is 0 Å². The second-order valence-corrected chi connectivity index (χ2v) is 4.94. The van der Waals surface area contributed by atoms with Gasteiger partial charge in [0.2, 0.25) is 0 Å². The lowest BCUT2D eigenvalue weighted by atomic mass is 10.0. The van der Waals surface area contributed by atoms with Crippen LogP contribution in [0.4, 0.5) is 0 Å². The topological polar surface area (TPSA) is 23.9 Å². The van der Waals surface area contributed by atoms with Crippen molar-refractivity contribution in [3.63, 3.8) is 0 Å². The van der Waals surface area contributed by atoms with Gasteiger partial charge in [-0.25, -0.2) is 0 Å². The van der Waals surface area contributed by atoms with Crippen LogP contribution in [-0.2, 0) is 0 Å². The predicted octanol–water partition coefficient (Wildman–Crippen LogP) is 3.85. The molecule has 2 heteroatoms. The van der Waals surface area contributed by atoms with E-state index in [1.165, 1.54) is 11.1 Å². The van der Waals surface area contributed by atoms with E-state index in [1.807, 2.05) is 24.3 Å². The fraction of sp³-hybridized carbons (Fsp3) is 0.0714.